The fourth-order valence-corrected chi connectivity index (χ4v) is 3.72. The molecule has 0 aromatic rings. The molecule has 2 N–H and O–H groups in total. The summed E-state index contributed by atoms with van der Waals surface area (Å²) in [6.45, 7) is 6.22. The summed E-state index contributed by atoms with van der Waals surface area (Å²) in [4.78, 5) is 23.6. The first-order valence-electron chi connectivity index (χ1n) is 8.54. The fraction of sp³-hybridized carbons (Fsp3) is 0.765. The van der Waals surface area contributed by atoms with E-state index >= 15 is 0 Å². The van der Waals surface area contributed by atoms with Crippen molar-refractivity contribution in [3.63, 3.8) is 0 Å². The Morgan fingerprint density at radius 3 is 2.60 bits per heavy atom. The van der Waals surface area contributed by atoms with Crippen LogP contribution >= 0.6 is 0 Å². The number of ether oxygens (including phenoxy) is 2. The van der Waals surface area contributed by atoms with Gasteiger partial charge in [0.2, 0.25) is 0 Å². The SMILES string of the molecule is CC(=O)O[C@@H]1CC[N+]2([O-])CC=C(COC(=O)[C@](O)(C(C)C)[C@@H](C)O)[C@H]12. The number of carbonyl (C=O) groups excluding carboxylic acids is 2. The molecule has 2 aliphatic rings. The number of nitrogens with zero attached hydrogens (tertiary/aromatic N) is 1. The maximum Gasteiger partial charge on any atom is 0.341 e. The van der Waals surface area contributed by atoms with Crippen LogP contribution in [0.15, 0.2) is 11.6 Å². The van der Waals surface area contributed by atoms with Gasteiger partial charge in [-0.3, -0.25) is 4.79 Å². The molecule has 0 aliphatic carbocycles. The van der Waals surface area contributed by atoms with E-state index in [9.17, 15) is 25.0 Å². The Morgan fingerprint density at radius 2 is 2.08 bits per heavy atom. The number of rotatable bonds is 6. The van der Waals surface area contributed by atoms with E-state index < -0.39 is 46.4 Å². The average Bonchev–Trinajstić information content (AvgIpc) is 2.99. The van der Waals surface area contributed by atoms with Crippen LogP contribution in [0.2, 0.25) is 0 Å². The third kappa shape index (κ3) is 3.57. The first kappa shape index (κ1) is 19.8. The summed E-state index contributed by atoms with van der Waals surface area (Å²) in [7, 11) is 0. The van der Waals surface area contributed by atoms with Crippen molar-refractivity contribution in [3.8, 4) is 0 Å². The standard InChI is InChI=1S/C17H27NO7/c1-10(2)17(22,11(3)19)16(21)24-9-13-5-7-18(23)8-6-14(15(13)18)25-12(4)20/h5,10-11,14-15,19,22H,6-9H2,1-4H3/t11-,14-,15-,17+,18?/m1/s1. The molecule has 2 heterocycles. The van der Waals surface area contributed by atoms with Crippen LogP contribution < -0.4 is 0 Å². The first-order valence-corrected chi connectivity index (χ1v) is 8.54. The Balaban J connectivity index is 2.08. The van der Waals surface area contributed by atoms with Crippen molar-refractivity contribution < 1.29 is 33.9 Å². The van der Waals surface area contributed by atoms with Crippen molar-refractivity contribution in [2.45, 2.75) is 58.0 Å². The number of hydrogen-bond donors (Lipinski definition) is 2. The van der Waals surface area contributed by atoms with Gasteiger partial charge in [0, 0.05) is 18.9 Å². The van der Waals surface area contributed by atoms with E-state index in [-0.39, 0.29) is 13.2 Å². The summed E-state index contributed by atoms with van der Waals surface area (Å²) in [5.74, 6) is -1.94. The molecule has 142 valence electrons. The van der Waals surface area contributed by atoms with E-state index in [0.29, 0.717) is 18.5 Å². The zero-order valence-corrected chi connectivity index (χ0v) is 15.1. The highest BCUT2D eigenvalue weighted by Crippen LogP contribution is 2.38. The maximum atomic E-state index is 12.8. The second kappa shape index (κ2) is 7.03. The normalized spacial score (nSPS) is 31.9. The van der Waals surface area contributed by atoms with Crippen molar-refractivity contribution in [3.05, 3.63) is 16.9 Å². The van der Waals surface area contributed by atoms with E-state index in [4.69, 9.17) is 9.47 Å². The lowest BCUT2D eigenvalue weighted by Crippen LogP contribution is -2.53. The van der Waals surface area contributed by atoms with Crippen LogP contribution in [-0.2, 0) is 19.1 Å². The molecule has 0 spiro atoms. The highest BCUT2D eigenvalue weighted by Gasteiger charge is 2.51. The summed E-state index contributed by atoms with van der Waals surface area (Å²) in [6.07, 6.45) is 0.329. The van der Waals surface area contributed by atoms with Crippen LogP contribution in [0.1, 0.15) is 34.1 Å². The summed E-state index contributed by atoms with van der Waals surface area (Å²) < 4.78 is 9.94. The summed E-state index contributed by atoms with van der Waals surface area (Å²) in [5, 5.41) is 33.0. The van der Waals surface area contributed by atoms with Gasteiger partial charge in [0.1, 0.15) is 6.61 Å². The van der Waals surface area contributed by atoms with Crippen molar-refractivity contribution >= 4 is 11.9 Å². The van der Waals surface area contributed by atoms with Crippen molar-refractivity contribution in [1.29, 1.82) is 0 Å². The van der Waals surface area contributed by atoms with Crippen LogP contribution in [0, 0.1) is 11.1 Å². The van der Waals surface area contributed by atoms with Crippen LogP contribution in [0.3, 0.4) is 0 Å². The van der Waals surface area contributed by atoms with Crippen LogP contribution in [0.5, 0.6) is 0 Å². The molecule has 0 radical (unpaired) electrons. The van der Waals surface area contributed by atoms with Gasteiger partial charge >= 0.3 is 11.9 Å². The topological polar surface area (TPSA) is 116 Å². The summed E-state index contributed by atoms with van der Waals surface area (Å²) in [6, 6.07) is -0.588. The largest absolute Gasteiger partial charge is 0.632 e. The Kier molecular flexibility index (Phi) is 5.58. The predicted molar refractivity (Wildman–Crippen MR) is 87.8 cm³/mol. The third-order valence-corrected chi connectivity index (χ3v) is 5.23. The highest BCUT2D eigenvalue weighted by molar-refractivity contribution is 5.80. The van der Waals surface area contributed by atoms with Gasteiger partial charge < -0.3 is 29.5 Å². The molecule has 0 aromatic heterocycles. The van der Waals surface area contributed by atoms with E-state index in [2.05, 4.69) is 0 Å². The minimum absolute atomic E-state index is 0.175. The van der Waals surface area contributed by atoms with Crippen molar-refractivity contribution in [1.82, 2.24) is 0 Å². The molecule has 1 saturated heterocycles. The average molecular weight is 357 g/mol. The second-order valence-corrected chi connectivity index (χ2v) is 7.25. The number of aliphatic hydroxyl groups is 2. The van der Waals surface area contributed by atoms with Crippen LogP contribution in [0.4, 0.5) is 0 Å². The number of hydroxylamine groups is 3. The minimum Gasteiger partial charge on any atom is -0.632 e. The lowest BCUT2D eigenvalue weighted by molar-refractivity contribution is -0.877. The number of quaternary nitrogens is 1. The van der Waals surface area contributed by atoms with Crippen molar-refractivity contribution in [2.24, 2.45) is 5.92 Å². The lowest BCUT2D eigenvalue weighted by atomic mass is 9.85. The quantitative estimate of drug-likeness (QED) is 0.303. The van der Waals surface area contributed by atoms with E-state index in [1.807, 2.05) is 0 Å². The molecule has 5 atom stereocenters. The number of esters is 2. The number of fused-ring (bicyclic) bond motifs is 1. The molecule has 1 fully saturated rings. The van der Waals surface area contributed by atoms with Gasteiger partial charge in [-0.25, -0.2) is 4.79 Å². The molecule has 2 aliphatic heterocycles. The van der Waals surface area contributed by atoms with Gasteiger partial charge in [0.25, 0.3) is 0 Å². The Labute approximate surface area is 147 Å². The molecule has 8 heteroatoms. The van der Waals surface area contributed by atoms with Gasteiger partial charge in [-0.05, 0) is 18.9 Å². The van der Waals surface area contributed by atoms with E-state index in [0.717, 1.165) is 0 Å². The molecule has 2 rings (SSSR count). The highest BCUT2D eigenvalue weighted by atomic mass is 16.6. The fourth-order valence-electron chi connectivity index (χ4n) is 3.72. The van der Waals surface area contributed by atoms with Gasteiger partial charge in [0.15, 0.2) is 17.7 Å². The predicted octanol–water partition coefficient (Wildman–Crippen LogP) is 0.256. The smallest absolute Gasteiger partial charge is 0.341 e. The van der Waals surface area contributed by atoms with Crippen LogP contribution in [0.25, 0.3) is 0 Å². The number of hydrogen-bond acceptors (Lipinski definition) is 7. The van der Waals surface area contributed by atoms with Crippen LogP contribution in [-0.4, -0.2) is 70.3 Å². The molecule has 25 heavy (non-hydrogen) atoms. The van der Waals surface area contributed by atoms with Gasteiger partial charge in [0.05, 0.1) is 19.2 Å². The Hall–Kier alpha value is -1.48. The summed E-state index contributed by atoms with van der Waals surface area (Å²) >= 11 is 0. The molecule has 0 amide bonds. The molecule has 1 unspecified atom stereocenters. The molecule has 0 aromatic carbocycles. The zero-order chi connectivity index (χ0) is 19.0. The van der Waals surface area contributed by atoms with Crippen molar-refractivity contribution in [2.75, 3.05) is 19.7 Å². The third-order valence-electron chi connectivity index (χ3n) is 5.23. The number of carbonyl (C=O) groups is 2. The molecule has 8 nitrogen and oxygen atoms in total. The number of aliphatic hydroxyl groups excluding tert-OH is 1. The van der Waals surface area contributed by atoms with Gasteiger partial charge in [-0.1, -0.05) is 13.8 Å². The summed E-state index contributed by atoms with van der Waals surface area (Å²) in [5.41, 5.74) is -1.43. The van der Waals surface area contributed by atoms with Gasteiger partial charge in [-0.2, -0.15) is 0 Å². The van der Waals surface area contributed by atoms with E-state index in [1.165, 1.54) is 13.8 Å². The van der Waals surface area contributed by atoms with Gasteiger partial charge in [-0.15, -0.1) is 0 Å². The second-order valence-electron chi connectivity index (χ2n) is 7.25. The monoisotopic (exact) mass is 357 g/mol. The minimum atomic E-state index is -2.02. The molecular weight excluding hydrogens is 330 g/mol. The molecule has 0 bridgehead atoms. The Bertz CT molecular complexity index is 563. The molecule has 0 saturated carbocycles. The maximum absolute atomic E-state index is 12.8. The first-order chi connectivity index (χ1) is 11.5. The molecular formula is C17H27NO7. The van der Waals surface area contributed by atoms with E-state index in [1.54, 1.807) is 19.9 Å². The Morgan fingerprint density at radius 1 is 1.44 bits per heavy atom. The zero-order valence-electron chi connectivity index (χ0n) is 15.1. The lowest BCUT2D eigenvalue weighted by Gasteiger charge is -2.40.